The lowest BCUT2D eigenvalue weighted by Gasteiger charge is -2.71. The Bertz CT molecular complexity index is 520. The zero-order valence-electron chi connectivity index (χ0n) is 16.3. The minimum atomic E-state index is -0.352. The molecule has 0 aromatic heterocycles. The summed E-state index contributed by atoms with van der Waals surface area (Å²) >= 11 is 0. The summed E-state index contributed by atoms with van der Waals surface area (Å²) in [7, 11) is 0. The summed E-state index contributed by atoms with van der Waals surface area (Å²) in [6.07, 6.45) is 7.29. The normalized spacial score (nSPS) is 44.4. The molecule has 0 spiro atoms. The molecule has 2 nitrogen and oxygen atoms in total. The average molecular weight is 321 g/mol. The molecule has 4 saturated carbocycles. The molecular formula is C21H36O2. The van der Waals surface area contributed by atoms with Gasteiger partial charge in [0.25, 0.3) is 0 Å². The predicted molar refractivity (Wildman–Crippen MR) is 94.0 cm³/mol. The summed E-state index contributed by atoms with van der Waals surface area (Å²) in [5, 5.41) is 0. The van der Waals surface area contributed by atoms with E-state index in [0.717, 1.165) is 12.3 Å². The monoisotopic (exact) mass is 320 g/mol. The zero-order valence-corrected chi connectivity index (χ0v) is 16.3. The Kier molecular flexibility index (Phi) is 3.58. The van der Waals surface area contributed by atoms with Gasteiger partial charge < -0.3 is 4.74 Å². The number of rotatable bonds is 4. The van der Waals surface area contributed by atoms with Gasteiger partial charge in [0.1, 0.15) is 0 Å². The van der Waals surface area contributed by atoms with Crippen molar-refractivity contribution >= 4 is 5.97 Å². The number of hydrogen-bond acceptors (Lipinski definition) is 2. The van der Waals surface area contributed by atoms with Gasteiger partial charge in [-0.1, -0.05) is 34.6 Å². The van der Waals surface area contributed by atoms with Crippen molar-refractivity contribution < 1.29 is 9.53 Å². The SMILES string of the molecule is CCC(C)(C)C(=O)OCC12CC3CC(C)(C1)CC(C)(C2)C3(C)C. The lowest BCUT2D eigenvalue weighted by molar-refractivity contribution is -0.234. The van der Waals surface area contributed by atoms with E-state index < -0.39 is 0 Å². The van der Waals surface area contributed by atoms with Crippen LogP contribution >= 0.6 is 0 Å². The van der Waals surface area contributed by atoms with Crippen molar-refractivity contribution in [1.82, 2.24) is 0 Å². The van der Waals surface area contributed by atoms with E-state index in [9.17, 15) is 4.79 Å². The number of carbonyl (C=O) groups is 1. The van der Waals surface area contributed by atoms with Crippen LogP contribution in [0, 0.1) is 33.0 Å². The lowest BCUT2D eigenvalue weighted by Crippen LogP contribution is -2.64. The van der Waals surface area contributed by atoms with Gasteiger partial charge in [0, 0.05) is 5.41 Å². The maximum Gasteiger partial charge on any atom is 0.311 e. The summed E-state index contributed by atoms with van der Waals surface area (Å²) in [5.41, 5.74) is 1.16. The van der Waals surface area contributed by atoms with Crippen molar-refractivity contribution in [3.63, 3.8) is 0 Å². The van der Waals surface area contributed by atoms with Crippen LogP contribution in [0.25, 0.3) is 0 Å². The molecular weight excluding hydrogens is 284 g/mol. The van der Waals surface area contributed by atoms with E-state index in [1.807, 2.05) is 13.8 Å². The Balaban J connectivity index is 1.80. The van der Waals surface area contributed by atoms with Crippen LogP contribution in [0.4, 0.5) is 0 Å². The molecule has 0 heterocycles. The summed E-state index contributed by atoms with van der Waals surface area (Å²) in [4.78, 5) is 12.5. The molecule has 0 saturated heterocycles. The number of esters is 1. The minimum Gasteiger partial charge on any atom is -0.465 e. The van der Waals surface area contributed by atoms with Gasteiger partial charge in [0.2, 0.25) is 0 Å². The van der Waals surface area contributed by atoms with Crippen molar-refractivity contribution in [2.45, 2.75) is 87.0 Å². The molecule has 0 amide bonds. The molecule has 0 radical (unpaired) electrons. The standard InChI is InChI=1S/C21H36O2/c1-8-17(2,3)16(22)23-14-21-10-15-9-19(6,12-21)11-20(7,13-21)18(15,4)5/h15H,8-14H2,1-7H3. The maximum absolute atomic E-state index is 12.5. The molecule has 4 aliphatic rings. The summed E-state index contributed by atoms with van der Waals surface area (Å²) < 4.78 is 5.90. The fourth-order valence-electron chi connectivity index (χ4n) is 6.52. The molecule has 4 fully saturated rings. The van der Waals surface area contributed by atoms with E-state index in [-0.39, 0.29) is 16.8 Å². The molecule has 0 aromatic rings. The molecule has 4 unspecified atom stereocenters. The van der Waals surface area contributed by atoms with Crippen molar-refractivity contribution in [2.75, 3.05) is 6.61 Å². The van der Waals surface area contributed by atoms with Gasteiger partial charge in [-0.2, -0.15) is 0 Å². The van der Waals surface area contributed by atoms with E-state index in [2.05, 4.69) is 34.6 Å². The van der Waals surface area contributed by atoms with Crippen molar-refractivity contribution in [2.24, 2.45) is 33.0 Å². The Hall–Kier alpha value is -0.530. The van der Waals surface area contributed by atoms with Crippen LogP contribution in [-0.4, -0.2) is 12.6 Å². The largest absolute Gasteiger partial charge is 0.465 e. The second-order valence-electron chi connectivity index (χ2n) is 11.0. The quantitative estimate of drug-likeness (QED) is 0.630. The predicted octanol–water partition coefficient (Wildman–Crippen LogP) is 5.60. The topological polar surface area (TPSA) is 26.3 Å². The smallest absolute Gasteiger partial charge is 0.311 e. The molecule has 23 heavy (non-hydrogen) atoms. The Labute approximate surface area is 142 Å². The van der Waals surface area contributed by atoms with E-state index in [1.165, 1.54) is 32.1 Å². The van der Waals surface area contributed by atoms with Crippen LogP contribution in [0.15, 0.2) is 0 Å². The van der Waals surface area contributed by atoms with Gasteiger partial charge in [-0.3, -0.25) is 4.79 Å². The second kappa shape index (κ2) is 4.76. The van der Waals surface area contributed by atoms with Gasteiger partial charge in [-0.05, 0) is 74.5 Å². The van der Waals surface area contributed by atoms with Crippen molar-refractivity contribution in [3.8, 4) is 0 Å². The van der Waals surface area contributed by atoms with Crippen molar-refractivity contribution in [3.05, 3.63) is 0 Å². The van der Waals surface area contributed by atoms with Crippen LogP contribution < -0.4 is 0 Å². The molecule has 132 valence electrons. The average Bonchev–Trinajstić information content (AvgIpc) is 2.40. The van der Waals surface area contributed by atoms with E-state index in [4.69, 9.17) is 4.74 Å². The summed E-state index contributed by atoms with van der Waals surface area (Å²) in [5.74, 6) is 0.775. The summed E-state index contributed by atoms with van der Waals surface area (Å²) in [6.45, 7) is 16.7. The summed E-state index contributed by atoms with van der Waals surface area (Å²) in [6, 6.07) is 0. The highest BCUT2D eigenvalue weighted by molar-refractivity contribution is 5.75. The molecule has 0 aliphatic heterocycles. The number of ether oxygens (including phenoxy) is 1. The molecule has 2 heteroatoms. The third-order valence-corrected chi connectivity index (χ3v) is 8.32. The highest BCUT2D eigenvalue weighted by atomic mass is 16.5. The fourth-order valence-corrected chi connectivity index (χ4v) is 6.52. The van der Waals surface area contributed by atoms with Crippen LogP contribution in [0.2, 0.25) is 0 Å². The Morgan fingerprint density at radius 2 is 1.74 bits per heavy atom. The maximum atomic E-state index is 12.5. The number of carbonyl (C=O) groups excluding carboxylic acids is 1. The zero-order chi connectivity index (χ0) is 17.3. The molecule has 4 bridgehead atoms. The van der Waals surface area contributed by atoms with E-state index in [0.29, 0.717) is 22.9 Å². The van der Waals surface area contributed by atoms with E-state index in [1.54, 1.807) is 0 Å². The van der Waals surface area contributed by atoms with Gasteiger partial charge in [0.15, 0.2) is 0 Å². The first kappa shape index (κ1) is 17.3. The first-order valence-electron chi connectivity index (χ1n) is 9.54. The Morgan fingerprint density at radius 1 is 1.09 bits per heavy atom. The minimum absolute atomic E-state index is 0.00897. The van der Waals surface area contributed by atoms with Crippen LogP contribution in [-0.2, 0) is 9.53 Å². The fraction of sp³-hybridized carbons (Fsp3) is 0.952. The van der Waals surface area contributed by atoms with Crippen LogP contribution in [0.5, 0.6) is 0 Å². The van der Waals surface area contributed by atoms with Gasteiger partial charge in [-0.25, -0.2) is 0 Å². The number of hydrogen-bond donors (Lipinski definition) is 0. The van der Waals surface area contributed by atoms with Crippen LogP contribution in [0.1, 0.15) is 87.0 Å². The van der Waals surface area contributed by atoms with Gasteiger partial charge in [0.05, 0.1) is 12.0 Å². The molecule has 4 atom stereocenters. The van der Waals surface area contributed by atoms with Gasteiger partial charge in [-0.15, -0.1) is 0 Å². The van der Waals surface area contributed by atoms with Crippen molar-refractivity contribution in [1.29, 1.82) is 0 Å². The Morgan fingerprint density at radius 3 is 2.30 bits per heavy atom. The molecule has 4 aliphatic carbocycles. The molecule has 0 N–H and O–H groups in total. The highest BCUT2D eigenvalue weighted by Crippen LogP contribution is 2.75. The highest BCUT2D eigenvalue weighted by Gasteiger charge is 2.67. The third kappa shape index (κ3) is 2.46. The van der Waals surface area contributed by atoms with Crippen LogP contribution in [0.3, 0.4) is 0 Å². The second-order valence-corrected chi connectivity index (χ2v) is 11.0. The lowest BCUT2D eigenvalue weighted by atomic mass is 9.33. The first-order valence-corrected chi connectivity index (χ1v) is 9.54. The third-order valence-electron chi connectivity index (χ3n) is 8.32. The van der Waals surface area contributed by atoms with Gasteiger partial charge >= 0.3 is 5.97 Å². The van der Waals surface area contributed by atoms with E-state index >= 15 is 0 Å². The molecule has 0 aromatic carbocycles. The molecule has 4 rings (SSSR count). The first-order chi connectivity index (χ1) is 10.4.